The van der Waals surface area contributed by atoms with Crippen LogP contribution in [0, 0.1) is 0 Å². The number of likely N-dealkylation sites (N-methyl/N-ethyl adjacent to an activating group) is 1. The lowest BCUT2D eigenvalue weighted by atomic mass is 9.92. The van der Waals surface area contributed by atoms with E-state index in [0.717, 1.165) is 11.4 Å². The molecule has 2 amide bonds. The molecule has 0 spiro atoms. The second-order valence-electron chi connectivity index (χ2n) is 8.15. The maximum absolute atomic E-state index is 12.8. The van der Waals surface area contributed by atoms with Crippen LogP contribution in [0.2, 0.25) is 0 Å². The van der Waals surface area contributed by atoms with Crippen molar-refractivity contribution in [2.45, 2.75) is 33.1 Å². The number of amides is 2. The number of anilines is 1. The summed E-state index contributed by atoms with van der Waals surface area (Å²) in [7, 11) is 0. The van der Waals surface area contributed by atoms with Gasteiger partial charge in [-0.3, -0.25) is 9.59 Å². The summed E-state index contributed by atoms with van der Waals surface area (Å²) in [6, 6.07) is 20.5. The molecule has 3 aromatic rings. The minimum absolute atomic E-state index is 0.0327. The van der Waals surface area contributed by atoms with Gasteiger partial charge in [0.25, 0.3) is 5.91 Å². The third-order valence-corrected chi connectivity index (χ3v) is 4.77. The Bertz CT molecular complexity index is 1000. The summed E-state index contributed by atoms with van der Waals surface area (Å²) in [6.45, 7) is 8.50. The van der Waals surface area contributed by atoms with Gasteiger partial charge in [-0.1, -0.05) is 57.2 Å². The van der Waals surface area contributed by atoms with E-state index in [0.29, 0.717) is 17.9 Å². The summed E-state index contributed by atoms with van der Waals surface area (Å²) in [6.07, 6.45) is 0. The zero-order valence-corrected chi connectivity index (χ0v) is 17.9. The Morgan fingerprint density at radius 2 is 1.60 bits per heavy atom. The number of rotatable bonds is 6. The van der Waals surface area contributed by atoms with Gasteiger partial charge in [-0.25, -0.2) is 4.68 Å². The highest BCUT2D eigenvalue weighted by Crippen LogP contribution is 2.26. The average Bonchev–Trinajstić information content (AvgIpc) is 3.17. The molecule has 0 radical (unpaired) electrons. The monoisotopic (exact) mass is 404 g/mol. The zero-order chi connectivity index (χ0) is 21.7. The van der Waals surface area contributed by atoms with Gasteiger partial charge in [0.1, 0.15) is 12.4 Å². The van der Waals surface area contributed by atoms with Crippen LogP contribution < -0.4 is 5.32 Å². The van der Waals surface area contributed by atoms with Gasteiger partial charge in [0.15, 0.2) is 0 Å². The van der Waals surface area contributed by atoms with E-state index in [2.05, 4.69) is 26.1 Å². The molecule has 0 aliphatic carbocycles. The number of aromatic nitrogens is 2. The maximum atomic E-state index is 12.8. The lowest BCUT2D eigenvalue weighted by molar-refractivity contribution is -0.116. The molecule has 0 bridgehead atoms. The van der Waals surface area contributed by atoms with Crippen LogP contribution in [0.1, 0.15) is 43.7 Å². The molecule has 1 aromatic heterocycles. The number of benzene rings is 2. The van der Waals surface area contributed by atoms with Crippen molar-refractivity contribution in [3.05, 3.63) is 78.0 Å². The van der Waals surface area contributed by atoms with E-state index in [1.807, 2.05) is 61.5 Å². The standard InChI is InChI=1S/C24H28N4O2/c1-5-27(23(30)18-12-8-6-9-13-18)17-22(29)25-21-16-20(24(2,3)4)26-28(21)19-14-10-7-11-15-19/h6-16H,5,17H2,1-4H3,(H,25,29). The largest absolute Gasteiger partial charge is 0.330 e. The van der Waals surface area contributed by atoms with Crippen molar-refractivity contribution >= 4 is 17.6 Å². The molecule has 0 atom stereocenters. The predicted molar refractivity (Wildman–Crippen MR) is 119 cm³/mol. The summed E-state index contributed by atoms with van der Waals surface area (Å²) in [5, 5.41) is 7.65. The molecule has 1 heterocycles. The number of para-hydroxylation sites is 1. The van der Waals surface area contributed by atoms with Crippen molar-refractivity contribution in [3.8, 4) is 5.69 Å². The highest BCUT2D eigenvalue weighted by molar-refractivity contribution is 5.99. The van der Waals surface area contributed by atoms with Crippen molar-refractivity contribution in [2.75, 3.05) is 18.4 Å². The molecule has 0 unspecified atom stereocenters. The molecule has 0 aliphatic rings. The third-order valence-electron chi connectivity index (χ3n) is 4.77. The van der Waals surface area contributed by atoms with Gasteiger partial charge in [0.05, 0.1) is 11.4 Å². The number of hydrogen-bond donors (Lipinski definition) is 1. The van der Waals surface area contributed by atoms with Crippen LogP contribution in [-0.2, 0) is 10.2 Å². The molecule has 0 fully saturated rings. The predicted octanol–water partition coefficient (Wildman–Crippen LogP) is 4.27. The van der Waals surface area contributed by atoms with E-state index in [1.165, 1.54) is 4.90 Å². The molecular weight excluding hydrogens is 376 g/mol. The van der Waals surface area contributed by atoms with Gasteiger partial charge < -0.3 is 10.2 Å². The van der Waals surface area contributed by atoms with Gasteiger partial charge >= 0.3 is 0 Å². The molecule has 6 nitrogen and oxygen atoms in total. The van der Waals surface area contributed by atoms with Crippen LogP contribution >= 0.6 is 0 Å². The van der Waals surface area contributed by atoms with Crippen molar-refractivity contribution in [1.29, 1.82) is 0 Å². The Morgan fingerprint density at radius 1 is 1.00 bits per heavy atom. The van der Waals surface area contributed by atoms with E-state index in [1.54, 1.807) is 16.8 Å². The van der Waals surface area contributed by atoms with Crippen LogP contribution in [0.4, 0.5) is 5.82 Å². The number of nitrogens with zero attached hydrogens (tertiary/aromatic N) is 3. The minimum atomic E-state index is -0.265. The van der Waals surface area contributed by atoms with Crippen LogP contribution in [0.15, 0.2) is 66.7 Å². The van der Waals surface area contributed by atoms with Gasteiger partial charge in [0.2, 0.25) is 5.91 Å². The Morgan fingerprint density at radius 3 is 2.17 bits per heavy atom. The van der Waals surface area contributed by atoms with Gasteiger partial charge in [-0.15, -0.1) is 0 Å². The third kappa shape index (κ3) is 4.95. The van der Waals surface area contributed by atoms with Crippen LogP contribution in [-0.4, -0.2) is 39.6 Å². The fourth-order valence-electron chi connectivity index (χ4n) is 3.05. The summed E-state index contributed by atoms with van der Waals surface area (Å²) in [5.41, 5.74) is 2.12. The topological polar surface area (TPSA) is 67.2 Å². The van der Waals surface area contributed by atoms with Crippen LogP contribution in [0.5, 0.6) is 0 Å². The van der Waals surface area contributed by atoms with Crippen molar-refractivity contribution < 1.29 is 9.59 Å². The normalized spacial score (nSPS) is 11.2. The molecule has 0 saturated heterocycles. The number of carbonyl (C=O) groups excluding carboxylic acids is 2. The Balaban J connectivity index is 1.82. The summed E-state index contributed by atoms with van der Waals surface area (Å²) in [5.74, 6) is 0.151. The molecule has 1 N–H and O–H groups in total. The molecule has 3 rings (SSSR count). The molecule has 6 heteroatoms. The number of nitrogens with one attached hydrogen (secondary N) is 1. The maximum Gasteiger partial charge on any atom is 0.254 e. The second-order valence-corrected chi connectivity index (χ2v) is 8.15. The number of hydrogen-bond acceptors (Lipinski definition) is 3. The van der Waals surface area contributed by atoms with Crippen molar-refractivity contribution in [1.82, 2.24) is 14.7 Å². The summed E-state index contributed by atoms with van der Waals surface area (Å²) >= 11 is 0. The quantitative estimate of drug-likeness (QED) is 0.667. The first-order chi connectivity index (χ1) is 14.3. The Hall–Kier alpha value is -3.41. The fourth-order valence-corrected chi connectivity index (χ4v) is 3.05. The molecule has 2 aromatic carbocycles. The molecule has 0 saturated carbocycles. The molecular formula is C24H28N4O2. The first-order valence-corrected chi connectivity index (χ1v) is 10.1. The smallest absolute Gasteiger partial charge is 0.254 e. The first-order valence-electron chi connectivity index (χ1n) is 10.1. The van der Waals surface area contributed by atoms with E-state index >= 15 is 0 Å². The van der Waals surface area contributed by atoms with Gasteiger partial charge in [-0.2, -0.15) is 5.10 Å². The van der Waals surface area contributed by atoms with Crippen molar-refractivity contribution in [2.24, 2.45) is 0 Å². The van der Waals surface area contributed by atoms with E-state index < -0.39 is 0 Å². The highest BCUT2D eigenvalue weighted by Gasteiger charge is 2.23. The highest BCUT2D eigenvalue weighted by atomic mass is 16.2. The van der Waals surface area contributed by atoms with Gasteiger partial charge in [-0.05, 0) is 31.2 Å². The molecule has 30 heavy (non-hydrogen) atoms. The molecule has 156 valence electrons. The first kappa shape index (κ1) is 21.3. The summed E-state index contributed by atoms with van der Waals surface area (Å²) < 4.78 is 1.73. The van der Waals surface area contributed by atoms with E-state index in [4.69, 9.17) is 5.10 Å². The Kier molecular flexibility index (Phi) is 6.35. The van der Waals surface area contributed by atoms with Crippen LogP contribution in [0.3, 0.4) is 0 Å². The second kappa shape index (κ2) is 8.95. The zero-order valence-electron chi connectivity index (χ0n) is 17.9. The lowest BCUT2D eigenvalue weighted by Gasteiger charge is -2.20. The lowest BCUT2D eigenvalue weighted by Crippen LogP contribution is -2.38. The van der Waals surface area contributed by atoms with Crippen LogP contribution in [0.25, 0.3) is 5.69 Å². The number of carbonyl (C=O) groups is 2. The van der Waals surface area contributed by atoms with E-state index in [-0.39, 0.29) is 23.8 Å². The minimum Gasteiger partial charge on any atom is -0.330 e. The average molecular weight is 405 g/mol. The van der Waals surface area contributed by atoms with Gasteiger partial charge in [0, 0.05) is 23.6 Å². The van der Waals surface area contributed by atoms with E-state index in [9.17, 15) is 9.59 Å². The van der Waals surface area contributed by atoms with Crippen molar-refractivity contribution in [3.63, 3.8) is 0 Å². The molecule has 0 aliphatic heterocycles. The SMILES string of the molecule is CCN(CC(=O)Nc1cc(C(C)(C)C)nn1-c1ccccc1)C(=O)c1ccccc1. The Labute approximate surface area is 177 Å². The summed E-state index contributed by atoms with van der Waals surface area (Å²) in [4.78, 5) is 27.1. The fraction of sp³-hybridized carbons (Fsp3) is 0.292.